The van der Waals surface area contributed by atoms with E-state index in [0.717, 1.165) is 0 Å². The predicted molar refractivity (Wildman–Crippen MR) is 63.0 cm³/mol. The lowest BCUT2D eigenvalue weighted by molar-refractivity contribution is -0.113. The fraction of sp³-hybridized carbons (Fsp3) is 0. The summed E-state index contributed by atoms with van der Waals surface area (Å²) in [4.78, 5) is 9.90. The maximum absolute atomic E-state index is 9.90. The van der Waals surface area contributed by atoms with Crippen LogP contribution in [-0.4, -0.2) is 5.91 Å². The van der Waals surface area contributed by atoms with Gasteiger partial charge in [0.1, 0.15) is 0 Å². The summed E-state index contributed by atoms with van der Waals surface area (Å²) in [5.74, 6) is -0.269. The molecule has 1 amide bonds. The molecule has 2 aromatic carbocycles. The van der Waals surface area contributed by atoms with Crippen molar-refractivity contribution in [3.05, 3.63) is 60.8 Å². The fourth-order valence-electron chi connectivity index (χ4n) is 1.35. The number of carbonyl (C=O) groups is 1. The molecule has 0 atom stereocenters. The summed E-state index contributed by atoms with van der Waals surface area (Å²) < 4.78 is 0. The molecular weight excluding hydrogens is 200 g/mol. The zero-order valence-corrected chi connectivity index (χ0v) is 8.58. The van der Waals surface area contributed by atoms with Crippen LogP contribution in [-0.2, 0) is 4.79 Å². The Morgan fingerprint density at radius 2 is 1.31 bits per heavy atom. The smallest absolute Gasteiger partial charge is 0.266 e. The van der Waals surface area contributed by atoms with Gasteiger partial charge in [0.15, 0.2) is 0 Å². The molecule has 0 aromatic heterocycles. The predicted octanol–water partition coefficient (Wildman–Crippen LogP) is 3.33. The number of hydrogen-bond donors (Lipinski definition) is 0. The van der Waals surface area contributed by atoms with E-state index in [1.54, 1.807) is 0 Å². The SMILES string of the molecule is O=C1C=CN=N1.c1ccc2ccccc2c1. The van der Waals surface area contributed by atoms with Crippen molar-refractivity contribution in [3.8, 4) is 0 Å². The monoisotopic (exact) mass is 210 g/mol. The molecule has 0 unspecified atom stereocenters. The van der Waals surface area contributed by atoms with Crippen LogP contribution in [0.25, 0.3) is 10.8 Å². The van der Waals surface area contributed by atoms with E-state index in [0.29, 0.717) is 0 Å². The summed E-state index contributed by atoms with van der Waals surface area (Å²) in [5, 5.41) is 8.99. The van der Waals surface area contributed by atoms with Crippen LogP contribution in [0.2, 0.25) is 0 Å². The minimum absolute atomic E-state index is 0.269. The van der Waals surface area contributed by atoms with Crippen molar-refractivity contribution in [2.24, 2.45) is 10.2 Å². The standard InChI is InChI=1S/C10H8.C3H2N2O/c1-2-6-10-8-4-3-7-9(10)5-1;6-3-1-2-4-5-3/h1-8H;1-2H. The van der Waals surface area contributed by atoms with Crippen molar-refractivity contribution >= 4 is 16.7 Å². The Morgan fingerprint density at radius 3 is 1.56 bits per heavy atom. The highest BCUT2D eigenvalue weighted by Gasteiger charge is 1.92. The zero-order valence-electron chi connectivity index (χ0n) is 8.58. The maximum Gasteiger partial charge on any atom is 0.289 e. The Morgan fingerprint density at radius 1 is 0.812 bits per heavy atom. The van der Waals surface area contributed by atoms with Gasteiger partial charge in [-0.1, -0.05) is 48.5 Å². The number of carbonyl (C=O) groups excluding carboxylic acids is 1. The van der Waals surface area contributed by atoms with E-state index in [2.05, 4.69) is 58.8 Å². The van der Waals surface area contributed by atoms with E-state index in [-0.39, 0.29) is 5.91 Å². The van der Waals surface area contributed by atoms with Gasteiger partial charge in [-0.2, -0.15) is 5.11 Å². The molecule has 0 bridgehead atoms. The van der Waals surface area contributed by atoms with Crippen LogP contribution in [0.5, 0.6) is 0 Å². The summed E-state index contributed by atoms with van der Waals surface area (Å²) in [6, 6.07) is 16.7. The van der Waals surface area contributed by atoms with Crippen LogP contribution in [0.3, 0.4) is 0 Å². The molecular formula is C13H10N2O. The molecule has 3 rings (SSSR count). The van der Waals surface area contributed by atoms with Crippen LogP contribution in [0.1, 0.15) is 0 Å². The third-order valence-corrected chi connectivity index (χ3v) is 2.10. The van der Waals surface area contributed by atoms with Gasteiger partial charge in [0.05, 0.1) is 6.20 Å². The maximum atomic E-state index is 9.90. The zero-order chi connectivity index (χ0) is 11.2. The third-order valence-electron chi connectivity index (χ3n) is 2.10. The molecule has 16 heavy (non-hydrogen) atoms. The van der Waals surface area contributed by atoms with E-state index in [1.807, 2.05) is 0 Å². The second-order valence-electron chi connectivity index (χ2n) is 3.22. The van der Waals surface area contributed by atoms with E-state index in [1.165, 1.54) is 23.0 Å². The van der Waals surface area contributed by atoms with Crippen molar-refractivity contribution in [2.75, 3.05) is 0 Å². The lowest BCUT2D eigenvalue weighted by Gasteiger charge is -1.92. The van der Waals surface area contributed by atoms with Crippen LogP contribution >= 0.6 is 0 Å². The number of fused-ring (bicyclic) bond motifs is 1. The Kier molecular flexibility index (Phi) is 3.18. The van der Waals surface area contributed by atoms with Gasteiger partial charge in [0, 0.05) is 6.08 Å². The minimum atomic E-state index is -0.269. The summed E-state index contributed by atoms with van der Waals surface area (Å²) in [6.45, 7) is 0. The van der Waals surface area contributed by atoms with E-state index in [4.69, 9.17) is 0 Å². The number of amides is 1. The Bertz CT molecular complexity index is 479. The quantitative estimate of drug-likeness (QED) is 0.657. The molecule has 3 heteroatoms. The van der Waals surface area contributed by atoms with Crippen molar-refractivity contribution in [1.29, 1.82) is 0 Å². The van der Waals surface area contributed by atoms with Gasteiger partial charge in [-0.25, -0.2) is 0 Å². The molecule has 0 fully saturated rings. The van der Waals surface area contributed by atoms with Gasteiger partial charge in [-0.15, -0.1) is 5.11 Å². The lowest BCUT2D eigenvalue weighted by atomic mass is 10.1. The van der Waals surface area contributed by atoms with Gasteiger partial charge < -0.3 is 0 Å². The number of benzene rings is 2. The van der Waals surface area contributed by atoms with Gasteiger partial charge in [-0.3, -0.25) is 4.79 Å². The highest BCUT2D eigenvalue weighted by molar-refractivity contribution is 5.89. The van der Waals surface area contributed by atoms with E-state index in [9.17, 15) is 4.79 Å². The fourth-order valence-corrected chi connectivity index (χ4v) is 1.35. The second-order valence-corrected chi connectivity index (χ2v) is 3.22. The average Bonchev–Trinajstić information content (AvgIpc) is 2.81. The van der Waals surface area contributed by atoms with E-state index < -0.39 is 0 Å². The van der Waals surface area contributed by atoms with Gasteiger partial charge >= 0.3 is 0 Å². The number of nitrogens with zero attached hydrogens (tertiary/aromatic N) is 2. The largest absolute Gasteiger partial charge is 0.289 e. The van der Waals surface area contributed by atoms with Crippen LogP contribution in [0.15, 0.2) is 71.0 Å². The molecule has 1 aliphatic heterocycles. The first-order chi connectivity index (χ1) is 7.86. The molecule has 0 radical (unpaired) electrons. The first kappa shape index (κ1) is 10.2. The first-order valence-electron chi connectivity index (χ1n) is 4.91. The Labute approximate surface area is 93.1 Å². The van der Waals surface area contributed by atoms with Crippen LogP contribution in [0, 0.1) is 0 Å². The Balaban J connectivity index is 0.000000138. The number of hydrogen-bond acceptors (Lipinski definition) is 2. The molecule has 1 heterocycles. The number of rotatable bonds is 0. The average molecular weight is 210 g/mol. The topological polar surface area (TPSA) is 41.8 Å². The van der Waals surface area contributed by atoms with Crippen molar-refractivity contribution in [2.45, 2.75) is 0 Å². The second kappa shape index (κ2) is 4.98. The van der Waals surface area contributed by atoms with Crippen LogP contribution in [0.4, 0.5) is 0 Å². The summed E-state index contributed by atoms with van der Waals surface area (Å²) in [5.41, 5.74) is 0. The highest BCUT2D eigenvalue weighted by atomic mass is 16.1. The first-order valence-corrected chi connectivity index (χ1v) is 4.91. The summed E-state index contributed by atoms with van der Waals surface area (Å²) >= 11 is 0. The molecule has 0 N–H and O–H groups in total. The summed E-state index contributed by atoms with van der Waals surface area (Å²) in [7, 11) is 0. The van der Waals surface area contributed by atoms with Gasteiger partial charge in [0.25, 0.3) is 5.91 Å². The highest BCUT2D eigenvalue weighted by Crippen LogP contribution is 2.11. The van der Waals surface area contributed by atoms with Crippen LogP contribution < -0.4 is 0 Å². The molecule has 0 saturated carbocycles. The van der Waals surface area contributed by atoms with Gasteiger partial charge in [0.2, 0.25) is 0 Å². The van der Waals surface area contributed by atoms with Crippen molar-refractivity contribution in [1.82, 2.24) is 0 Å². The minimum Gasteiger partial charge on any atom is -0.266 e. The molecule has 0 aliphatic carbocycles. The normalized spacial score (nSPS) is 12.6. The molecule has 1 aliphatic rings. The molecule has 0 saturated heterocycles. The molecule has 3 nitrogen and oxygen atoms in total. The van der Waals surface area contributed by atoms with Gasteiger partial charge in [-0.05, 0) is 10.8 Å². The molecule has 2 aromatic rings. The lowest BCUT2D eigenvalue weighted by Crippen LogP contribution is -1.74. The Hall–Kier alpha value is -2.29. The van der Waals surface area contributed by atoms with Crippen molar-refractivity contribution < 1.29 is 4.79 Å². The number of azo groups is 1. The van der Waals surface area contributed by atoms with Crippen molar-refractivity contribution in [3.63, 3.8) is 0 Å². The molecule has 78 valence electrons. The summed E-state index contributed by atoms with van der Waals surface area (Å²) in [6.07, 6.45) is 2.67. The van der Waals surface area contributed by atoms with E-state index >= 15 is 0 Å². The third kappa shape index (κ3) is 2.60. The molecule has 0 spiro atoms.